The van der Waals surface area contributed by atoms with E-state index in [0.717, 1.165) is 24.3 Å². The molecule has 1 saturated carbocycles. The van der Waals surface area contributed by atoms with Gasteiger partial charge in [-0.2, -0.15) is 26.7 Å². The molecule has 2 aromatic heterocycles. The summed E-state index contributed by atoms with van der Waals surface area (Å²) in [4.78, 5) is 17.4. The Morgan fingerprint density at radius 2 is 1.80 bits per heavy atom. The van der Waals surface area contributed by atoms with Crippen molar-refractivity contribution in [3.8, 4) is 11.3 Å². The summed E-state index contributed by atoms with van der Waals surface area (Å²) >= 11 is 6.01. The van der Waals surface area contributed by atoms with Crippen LogP contribution in [0.2, 0.25) is 5.02 Å². The number of alkyl halides is 3. The maximum absolute atomic E-state index is 13.0. The van der Waals surface area contributed by atoms with E-state index in [0.29, 0.717) is 36.1 Å². The maximum Gasteiger partial charge on any atom is 0.391 e. The molecule has 0 atom stereocenters. The predicted octanol–water partition coefficient (Wildman–Crippen LogP) is 6.77. The van der Waals surface area contributed by atoms with Gasteiger partial charge in [-0.15, -0.1) is 0 Å². The average molecular weight is 606 g/mol. The smallest absolute Gasteiger partial charge is 0.365 e. The van der Waals surface area contributed by atoms with Crippen molar-refractivity contribution in [2.24, 2.45) is 11.8 Å². The van der Waals surface area contributed by atoms with E-state index in [1.54, 1.807) is 16.9 Å². The Balaban J connectivity index is 0.00000178. The standard InChI is InChI=1S/C27H39ClF3N5O.O2S/c1-7-36-24(22(28)23(35-36)25(37)33-13-18-10-8-17(4)9-11-18)20-14-32-21(12-19(20)16(2)3)34-26(5,6)15-27(29,30)31;1-3-2/h12,14,16-18H,7-11,13,15H2,1-6H3,(H,32,34)(H,33,37);. The minimum atomic E-state index is -4.30. The van der Waals surface area contributed by atoms with Gasteiger partial charge in [0.25, 0.3) is 5.91 Å². The number of aromatic nitrogens is 3. The lowest BCUT2D eigenvalue weighted by molar-refractivity contribution is -0.142. The Labute approximate surface area is 242 Å². The van der Waals surface area contributed by atoms with E-state index in [9.17, 15) is 18.0 Å². The van der Waals surface area contributed by atoms with Crippen LogP contribution in [-0.4, -0.2) is 47.3 Å². The van der Waals surface area contributed by atoms with Crippen LogP contribution in [0.3, 0.4) is 0 Å². The fourth-order valence-electron chi connectivity index (χ4n) is 5.03. The van der Waals surface area contributed by atoms with Gasteiger partial charge in [0.05, 0.1) is 17.1 Å². The molecule has 1 aliphatic rings. The van der Waals surface area contributed by atoms with Gasteiger partial charge in [-0.1, -0.05) is 45.2 Å². The number of nitrogens with one attached hydrogen (secondary N) is 2. The van der Waals surface area contributed by atoms with Gasteiger partial charge in [-0.05, 0) is 63.0 Å². The first kappa shape index (κ1) is 33.7. The average Bonchev–Trinajstić information content (AvgIpc) is 3.18. The first-order chi connectivity index (χ1) is 18.6. The summed E-state index contributed by atoms with van der Waals surface area (Å²) in [5.41, 5.74) is 1.07. The van der Waals surface area contributed by atoms with Crippen molar-refractivity contribution in [1.29, 1.82) is 0 Å². The zero-order chi connectivity index (χ0) is 30.3. The summed E-state index contributed by atoms with van der Waals surface area (Å²) < 4.78 is 57.3. The van der Waals surface area contributed by atoms with Gasteiger partial charge in [0.15, 0.2) is 5.69 Å². The van der Waals surface area contributed by atoms with E-state index < -0.39 is 29.7 Å². The number of halogens is 4. The molecule has 224 valence electrons. The van der Waals surface area contributed by atoms with Gasteiger partial charge >= 0.3 is 17.7 Å². The molecule has 0 unspecified atom stereocenters. The van der Waals surface area contributed by atoms with Gasteiger partial charge < -0.3 is 10.6 Å². The third-order valence-electron chi connectivity index (χ3n) is 7.02. The number of carbonyl (C=O) groups excluding carboxylic acids is 1. The molecular weight excluding hydrogens is 567 g/mol. The number of carbonyl (C=O) groups is 1. The topological polar surface area (TPSA) is 106 Å². The highest BCUT2D eigenvalue weighted by Crippen LogP contribution is 2.38. The molecule has 0 bridgehead atoms. The highest BCUT2D eigenvalue weighted by molar-refractivity contribution is 7.51. The molecule has 1 fully saturated rings. The van der Waals surface area contributed by atoms with Crippen molar-refractivity contribution >= 4 is 34.9 Å². The molecule has 8 nitrogen and oxygen atoms in total. The molecule has 0 aromatic carbocycles. The first-order valence-electron chi connectivity index (χ1n) is 13.4. The van der Waals surface area contributed by atoms with Crippen molar-refractivity contribution in [1.82, 2.24) is 20.1 Å². The highest BCUT2D eigenvalue weighted by Gasteiger charge is 2.37. The number of pyridine rings is 1. The number of anilines is 1. The number of rotatable bonds is 9. The fraction of sp³-hybridized carbons (Fsp3) is 0.667. The van der Waals surface area contributed by atoms with Gasteiger partial charge in [0.1, 0.15) is 5.82 Å². The molecule has 13 heteroatoms. The van der Waals surface area contributed by atoms with Gasteiger partial charge in [0.2, 0.25) is 0 Å². The molecular formula is C27H39ClF3N5O3S. The second-order valence-electron chi connectivity index (χ2n) is 11.3. The zero-order valence-corrected chi connectivity index (χ0v) is 25.4. The fourth-order valence-corrected chi connectivity index (χ4v) is 5.36. The molecule has 3 rings (SSSR count). The van der Waals surface area contributed by atoms with Crippen LogP contribution in [0, 0.1) is 11.8 Å². The van der Waals surface area contributed by atoms with Crippen molar-refractivity contribution in [3.05, 3.63) is 28.5 Å². The molecule has 2 heterocycles. The van der Waals surface area contributed by atoms with Crippen LogP contribution in [0.5, 0.6) is 0 Å². The summed E-state index contributed by atoms with van der Waals surface area (Å²) in [7, 11) is 0. The van der Waals surface area contributed by atoms with E-state index >= 15 is 0 Å². The molecule has 2 N–H and O–H groups in total. The third kappa shape index (κ3) is 9.57. The number of hydrogen-bond acceptors (Lipinski definition) is 6. The van der Waals surface area contributed by atoms with E-state index in [-0.39, 0.29) is 22.5 Å². The number of hydrogen-bond donors (Lipinski definition) is 2. The molecule has 1 aliphatic carbocycles. The Bertz CT molecular complexity index is 1190. The quantitative estimate of drug-likeness (QED) is 0.327. The van der Waals surface area contributed by atoms with Crippen molar-refractivity contribution in [2.75, 3.05) is 11.9 Å². The van der Waals surface area contributed by atoms with Crippen LogP contribution in [0.25, 0.3) is 11.3 Å². The molecule has 2 aromatic rings. The van der Waals surface area contributed by atoms with Gasteiger partial charge in [-0.25, -0.2) is 4.98 Å². The molecule has 0 spiro atoms. The second kappa shape index (κ2) is 14.4. The van der Waals surface area contributed by atoms with Crippen LogP contribution < -0.4 is 10.6 Å². The van der Waals surface area contributed by atoms with Crippen molar-refractivity contribution in [2.45, 2.75) is 97.8 Å². The number of nitrogens with zero attached hydrogens (tertiary/aromatic N) is 3. The molecule has 1 amide bonds. The lowest BCUT2D eigenvalue weighted by atomic mass is 9.83. The Hall–Kier alpha value is -2.47. The third-order valence-corrected chi connectivity index (χ3v) is 7.38. The second-order valence-corrected chi connectivity index (χ2v) is 11.9. The minimum Gasteiger partial charge on any atom is -0.365 e. The lowest BCUT2D eigenvalue weighted by Gasteiger charge is -2.28. The predicted molar refractivity (Wildman–Crippen MR) is 151 cm³/mol. The number of aryl methyl sites for hydroxylation is 1. The molecule has 0 saturated heterocycles. The van der Waals surface area contributed by atoms with Crippen LogP contribution in [0.15, 0.2) is 12.3 Å². The first-order valence-corrected chi connectivity index (χ1v) is 14.5. The maximum atomic E-state index is 13.0. The summed E-state index contributed by atoms with van der Waals surface area (Å²) in [5.74, 6) is 1.27. The normalized spacial score (nSPS) is 17.7. The highest BCUT2D eigenvalue weighted by atomic mass is 35.5. The molecule has 0 aliphatic heterocycles. The summed E-state index contributed by atoms with van der Waals surface area (Å²) in [6, 6.07) is 1.76. The number of amides is 1. The van der Waals surface area contributed by atoms with E-state index in [2.05, 4.69) is 27.6 Å². The summed E-state index contributed by atoms with van der Waals surface area (Å²) in [5, 5.41) is 10.7. The van der Waals surface area contributed by atoms with Crippen molar-refractivity contribution in [3.63, 3.8) is 0 Å². The van der Waals surface area contributed by atoms with Crippen LogP contribution in [0.1, 0.15) is 95.6 Å². The van der Waals surface area contributed by atoms with Gasteiger partial charge in [0, 0.05) is 30.4 Å². The Kier molecular flexibility index (Phi) is 12.2. The van der Waals surface area contributed by atoms with Crippen molar-refractivity contribution < 1.29 is 26.4 Å². The van der Waals surface area contributed by atoms with E-state index in [4.69, 9.17) is 20.0 Å². The SMILES string of the molecule is CCn1nc(C(=O)NCC2CCC(C)CC2)c(Cl)c1-c1cnc(NC(C)(C)CC(F)(F)F)cc1C(C)C.O=S=O. The van der Waals surface area contributed by atoms with Crippen LogP contribution >= 0.6 is 11.6 Å². The zero-order valence-electron chi connectivity index (χ0n) is 23.8. The van der Waals surface area contributed by atoms with E-state index in [1.807, 2.05) is 20.8 Å². The largest absolute Gasteiger partial charge is 0.391 e. The minimum absolute atomic E-state index is 0.0199. The Morgan fingerprint density at radius 1 is 1.20 bits per heavy atom. The summed E-state index contributed by atoms with van der Waals surface area (Å²) in [6.45, 7) is 12.2. The molecule has 40 heavy (non-hydrogen) atoms. The molecule has 0 radical (unpaired) electrons. The van der Waals surface area contributed by atoms with Gasteiger partial charge in [-0.3, -0.25) is 9.48 Å². The van der Waals surface area contributed by atoms with E-state index in [1.165, 1.54) is 26.7 Å². The Morgan fingerprint density at radius 3 is 2.33 bits per heavy atom. The monoisotopic (exact) mass is 605 g/mol. The van der Waals surface area contributed by atoms with Crippen LogP contribution in [-0.2, 0) is 18.1 Å². The summed E-state index contributed by atoms with van der Waals surface area (Å²) in [6.07, 6.45) is 0.873. The lowest BCUT2D eigenvalue weighted by Crippen LogP contribution is -2.36. The van der Waals surface area contributed by atoms with Crippen LogP contribution in [0.4, 0.5) is 19.0 Å².